The Bertz CT molecular complexity index is 525. The quantitative estimate of drug-likeness (QED) is 0.896. The Balaban J connectivity index is 1.95. The zero-order chi connectivity index (χ0) is 16.9. The van der Waals surface area contributed by atoms with Gasteiger partial charge in [-0.25, -0.2) is 0 Å². The maximum Gasteiger partial charge on any atom is 0.224 e. The number of ether oxygens (including phenoxy) is 2. The van der Waals surface area contributed by atoms with Gasteiger partial charge in [0, 0.05) is 25.8 Å². The van der Waals surface area contributed by atoms with Crippen LogP contribution >= 0.6 is 0 Å². The average molecular weight is 320 g/mol. The number of rotatable bonds is 5. The molecule has 1 fully saturated rings. The second kappa shape index (κ2) is 7.77. The van der Waals surface area contributed by atoms with Crippen LogP contribution in [0.5, 0.6) is 5.75 Å². The number of pyridine rings is 1. The highest BCUT2D eigenvalue weighted by atomic mass is 16.5. The molecular formula is C18H28N2O3. The second-order valence-electron chi connectivity index (χ2n) is 7.23. The van der Waals surface area contributed by atoms with Gasteiger partial charge in [-0.2, -0.15) is 0 Å². The minimum absolute atomic E-state index is 0.0125. The molecule has 1 saturated carbocycles. The van der Waals surface area contributed by atoms with E-state index in [1.165, 1.54) is 0 Å². The molecule has 5 heteroatoms. The third kappa shape index (κ3) is 5.82. The number of anilines is 1. The Morgan fingerprint density at radius 3 is 2.87 bits per heavy atom. The Labute approximate surface area is 138 Å². The minimum Gasteiger partial charge on any atom is -0.486 e. The van der Waals surface area contributed by atoms with E-state index in [0.29, 0.717) is 29.9 Å². The van der Waals surface area contributed by atoms with Crippen LogP contribution < -0.4 is 10.1 Å². The molecular weight excluding hydrogens is 292 g/mol. The van der Waals surface area contributed by atoms with Gasteiger partial charge < -0.3 is 14.8 Å². The van der Waals surface area contributed by atoms with Gasteiger partial charge in [0.25, 0.3) is 0 Å². The number of hydrogen-bond donors (Lipinski definition) is 1. The normalized spacial score (nSPS) is 21.7. The zero-order valence-electron chi connectivity index (χ0n) is 14.6. The Morgan fingerprint density at radius 1 is 1.39 bits per heavy atom. The van der Waals surface area contributed by atoms with Crippen molar-refractivity contribution in [2.24, 2.45) is 5.92 Å². The van der Waals surface area contributed by atoms with Crippen molar-refractivity contribution >= 4 is 11.6 Å². The number of nitrogens with one attached hydrogen (secondary N) is 1. The van der Waals surface area contributed by atoms with E-state index >= 15 is 0 Å². The number of hydrogen-bond acceptors (Lipinski definition) is 4. The lowest BCUT2D eigenvalue weighted by Crippen LogP contribution is -2.26. The monoisotopic (exact) mass is 320 g/mol. The number of nitrogens with zero attached hydrogens (tertiary/aromatic N) is 1. The standard InChI is InChI=1S/C18H28N2O3/c1-18(2,3)23-16-8-9-19-12-15(16)20-17(21)11-13-6-5-7-14(10-13)22-4/h8-9,12-14H,5-7,10-11H2,1-4H3,(H,20,21). The molecule has 0 aliphatic heterocycles. The molecule has 0 bridgehead atoms. The van der Waals surface area contributed by atoms with E-state index in [1.807, 2.05) is 20.8 Å². The smallest absolute Gasteiger partial charge is 0.224 e. The van der Waals surface area contributed by atoms with Gasteiger partial charge in [-0.1, -0.05) is 6.42 Å². The Hall–Kier alpha value is -1.62. The second-order valence-corrected chi connectivity index (χ2v) is 7.23. The summed E-state index contributed by atoms with van der Waals surface area (Å²) in [5.41, 5.74) is 0.308. The van der Waals surface area contributed by atoms with Gasteiger partial charge in [-0.3, -0.25) is 9.78 Å². The molecule has 2 unspecified atom stereocenters. The van der Waals surface area contributed by atoms with E-state index in [4.69, 9.17) is 9.47 Å². The van der Waals surface area contributed by atoms with Crippen LogP contribution in [0.2, 0.25) is 0 Å². The molecule has 1 amide bonds. The molecule has 23 heavy (non-hydrogen) atoms. The van der Waals surface area contributed by atoms with Crippen molar-refractivity contribution in [3.8, 4) is 5.75 Å². The van der Waals surface area contributed by atoms with E-state index in [-0.39, 0.29) is 11.5 Å². The lowest BCUT2D eigenvalue weighted by molar-refractivity contribution is -0.117. The summed E-state index contributed by atoms with van der Waals surface area (Å²) in [7, 11) is 1.75. The van der Waals surface area contributed by atoms with Gasteiger partial charge >= 0.3 is 0 Å². The first kappa shape index (κ1) is 17.7. The highest BCUT2D eigenvalue weighted by molar-refractivity contribution is 5.92. The first-order valence-corrected chi connectivity index (χ1v) is 8.33. The van der Waals surface area contributed by atoms with Crippen molar-refractivity contribution in [2.75, 3.05) is 12.4 Å². The molecule has 5 nitrogen and oxygen atoms in total. The van der Waals surface area contributed by atoms with E-state index < -0.39 is 0 Å². The topological polar surface area (TPSA) is 60.5 Å². The summed E-state index contributed by atoms with van der Waals surface area (Å²) >= 11 is 0. The number of carbonyl (C=O) groups is 1. The third-order valence-corrected chi connectivity index (χ3v) is 4.01. The number of methoxy groups -OCH3 is 1. The van der Waals surface area contributed by atoms with Crippen LogP contribution in [0.15, 0.2) is 18.5 Å². The lowest BCUT2D eigenvalue weighted by atomic mass is 9.85. The summed E-state index contributed by atoms with van der Waals surface area (Å²) in [5.74, 6) is 1.05. The molecule has 1 aromatic rings. The molecule has 0 radical (unpaired) electrons. The average Bonchev–Trinajstić information content (AvgIpc) is 2.48. The summed E-state index contributed by atoms with van der Waals surface area (Å²) < 4.78 is 11.3. The van der Waals surface area contributed by atoms with Crippen molar-refractivity contribution < 1.29 is 14.3 Å². The lowest BCUT2D eigenvalue weighted by Gasteiger charge is -2.28. The van der Waals surface area contributed by atoms with Gasteiger partial charge in [-0.15, -0.1) is 0 Å². The molecule has 0 spiro atoms. The highest BCUT2D eigenvalue weighted by Crippen LogP contribution is 2.30. The summed E-state index contributed by atoms with van der Waals surface area (Å²) in [6.45, 7) is 5.93. The molecule has 1 aromatic heterocycles. The number of carbonyl (C=O) groups excluding carboxylic acids is 1. The maximum absolute atomic E-state index is 12.4. The van der Waals surface area contributed by atoms with E-state index in [1.54, 1.807) is 25.6 Å². The number of aromatic nitrogens is 1. The van der Waals surface area contributed by atoms with Gasteiger partial charge in [-0.05, 0) is 46.0 Å². The Morgan fingerprint density at radius 2 is 2.17 bits per heavy atom. The number of amides is 1. The van der Waals surface area contributed by atoms with Crippen LogP contribution in [-0.2, 0) is 9.53 Å². The van der Waals surface area contributed by atoms with Crippen molar-refractivity contribution in [1.82, 2.24) is 4.98 Å². The van der Waals surface area contributed by atoms with E-state index in [0.717, 1.165) is 25.7 Å². The Kier molecular flexibility index (Phi) is 5.99. The molecule has 1 heterocycles. The molecule has 1 N–H and O–H groups in total. The fourth-order valence-electron chi connectivity index (χ4n) is 3.00. The minimum atomic E-state index is -0.324. The van der Waals surface area contributed by atoms with E-state index in [2.05, 4.69) is 10.3 Å². The van der Waals surface area contributed by atoms with Crippen LogP contribution in [0.3, 0.4) is 0 Å². The van der Waals surface area contributed by atoms with Crippen LogP contribution in [0, 0.1) is 5.92 Å². The van der Waals surface area contributed by atoms with Crippen LogP contribution in [0.4, 0.5) is 5.69 Å². The molecule has 1 aliphatic carbocycles. The van der Waals surface area contributed by atoms with Crippen molar-refractivity contribution in [2.45, 2.75) is 64.6 Å². The van der Waals surface area contributed by atoms with Gasteiger partial charge in [0.05, 0.1) is 12.3 Å². The predicted octanol–water partition coefficient (Wildman–Crippen LogP) is 3.79. The molecule has 128 valence electrons. The highest BCUT2D eigenvalue weighted by Gasteiger charge is 2.24. The molecule has 0 aromatic carbocycles. The van der Waals surface area contributed by atoms with Gasteiger partial charge in [0.15, 0.2) is 0 Å². The third-order valence-electron chi connectivity index (χ3n) is 4.01. The van der Waals surface area contributed by atoms with Crippen molar-refractivity contribution in [3.63, 3.8) is 0 Å². The first-order valence-electron chi connectivity index (χ1n) is 8.33. The summed E-state index contributed by atoms with van der Waals surface area (Å²) in [6.07, 6.45) is 8.39. The first-order chi connectivity index (χ1) is 10.9. The van der Waals surface area contributed by atoms with Crippen LogP contribution in [-0.4, -0.2) is 29.7 Å². The summed E-state index contributed by atoms with van der Waals surface area (Å²) in [4.78, 5) is 16.4. The zero-order valence-corrected chi connectivity index (χ0v) is 14.6. The molecule has 1 aliphatic rings. The largest absolute Gasteiger partial charge is 0.486 e. The fraction of sp³-hybridized carbons (Fsp3) is 0.667. The van der Waals surface area contributed by atoms with E-state index in [9.17, 15) is 4.79 Å². The fourth-order valence-corrected chi connectivity index (χ4v) is 3.00. The molecule has 0 saturated heterocycles. The maximum atomic E-state index is 12.4. The van der Waals surface area contributed by atoms with Gasteiger partial charge in [0.1, 0.15) is 17.0 Å². The van der Waals surface area contributed by atoms with Gasteiger partial charge in [0.2, 0.25) is 5.91 Å². The predicted molar refractivity (Wildman–Crippen MR) is 90.6 cm³/mol. The van der Waals surface area contributed by atoms with Crippen LogP contribution in [0.1, 0.15) is 52.9 Å². The van der Waals surface area contributed by atoms with Crippen molar-refractivity contribution in [3.05, 3.63) is 18.5 Å². The SMILES string of the molecule is COC1CCCC(CC(=O)Nc2cnccc2OC(C)(C)C)C1. The van der Waals surface area contributed by atoms with Crippen molar-refractivity contribution in [1.29, 1.82) is 0 Å². The molecule has 2 atom stereocenters. The summed E-state index contributed by atoms with van der Waals surface area (Å²) in [6, 6.07) is 1.78. The molecule has 2 rings (SSSR count). The van der Waals surface area contributed by atoms with Crippen LogP contribution in [0.25, 0.3) is 0 Å². The summed E-state index contributed by atoms with van der Waals surface area (Å²) in [5, 5.41) is 2.95.